The van der Waals surface area contributed by atoms with Gasteiger partial charge < -0.3 is 9.32 Å². The monoisotopic (exact) mass is 348 g/mol. The lowest BCUT2D eigenvalue weighted by molar-refractivity contribution is 0.0670. The number of sulfonamides is 1. The number of carbonyl (C=O) groups is 1. The second-order valence-electron chi connectivity index (χ2n) is 5.96. The van der Waals surface area contributed by atoms with Crippen molar-refractivity contribution in [2.45, 2.75) is 30.7 Å². The summed E-state index contributed by atoms with van der Waals surface area (Å²) in [4.78, 5) is 14.4. The van der Waals surface area contributed by atoms with Crippen LogP contribution in [-0.4, -0.2) is 38.4 Å². The van der Waals surface area contributed by atoms with Gasteiger partial charge in [0.1, 0.15) is 0 Å². The van der Waals surface area contributed by atoms with E-state index >= 15 is 0 Å². The van der Waals surface area contributed by atoms with Crippen LogP contribution in [0.4, 0.5) is 0 Å². The normalized spacial score (nSPS) is 18.5. The fourth-order valence-electron chi connectivity index (χ4n) is 2.88. The first-order chi connectivity index (χ1) is 11.5. The Hall–Kier alpha value is -2.12. The molecule has 1 aliphatic rings. The van der Waals surface area contributed by atoms with Crippen molar-refractivity contribution < 1.29 is 17.6 Å². The smallest absolute Gasteiger partial charge is 0.289 e. The molecule has 24 heavy (non-hydrogen) atoms. The van der Waals surface area contributed by atoms with Crippen LogP contribution in [0, 0.1) is 6.92 Å². The van der Waals surface area contributed by atoms with Gasteiger partial charge in [-0.2, -0.15) is 0 Å². The van der Waals surface area contributed by atoms with Gasteiger partial charge in [0.25, 0.3) is 5.91 Å². The number of rotatable bonds is 4. The van der Waals surface area contributed by atoms with Gasteiger partial charge in [-0.15, -0.1) is 0 Å². The van der Waals surface area contributed by atoms with Gasteiger partial charge >= 0.3 is 0 Å². The van der Waals surface area contributed by atoms with Crippen LogP contribution in [0.5, 0.6) is 0 Å². The van der Waals surface area contributed by atoms with Crippen molar-refractivity contribution in [1.29, 1.82) is 0 Å². The van der Waals surface area contributed by atoms with E-state index in [0.717, 1.165) is 12.0 Å². The zero-order chi connectivity index (χ0) is 17.2. The van der Waals surface area contributed by atoms with E-state index in [9.17, 15) is 13.2 Å². The van der Waals surface area contributed by atoms with Gasteiger partial charge in [0.15, 0.2) is 5.76 Å². The van der Waals surface area contributed by atoms with Gasteiger partial charge in [0, 0.05) is 24.7 Å². The van der Waals surface area contributed by atoms with Crippen molar-refractivity contribution in [3.8, 4) is 0 Å². The van der Waals surface area contributed by atoms with Gasteiger partial charge in [-0.3, -0.25) is 4.79 Å². The first-order valence-corrected chi connectivity index (χ1v) is 9.36. The predicted molar refractivity (Wildman–Crippen MR) is 89.1 cm³/mol. The van der Waals surface area contributed by atoms with E-state index < -0.39 is 10.0 Å². The molecule has 2 aromatic rings. The Balaban J connectivity index is 1.70. The molecule has 3 rings (SSSR count). The van der Waals surface area contributed by atoms with Crippen LogP contribution >= 0.6 is 0 Å². The lowest BCUT2D eigenvalue weighted by atomic mass is 10.1. The highest BCUT2D eigenvalue weighted by atomic mass is 32.2. The Labute approximate surface area is 141 Å². The fraction of sp³-hybridized carbons (Fsp3) is 0.353. The van der Waals surface area contributed by atoms with Crippen molar-refractivity contribution >= 4 is 15.9 Å². The first kappa shape index (κ1) is 16.7. The maximum absolute atomic E-state index is 12.5. The van der Waals surface area contributed by atoms with Crippen LogP contribution in [0.1, 0.15) is 29.0 Å². The van der Waals surface area contributed by atoms with Crippen molar-refractivity contribution in [2.75, 3.05) is 13.1 Å². The topological polar surface area (TPSA) is 79.6 Å². The predicted octanol–water partition coefficient (Wildman–Crippen LogP) is 2.17. The number of nitrogens with zero attached hydrogens (tertiary/aromatic N) is 1. The lowest BCUT2D eigenvalue weighted by Crippen LogP contribution is -2.49. The molecule has 0 aliphatic carbocycles. The third kappa shape index (κ3) is 3.52. The third-order valence-electron chi connectivity index (χ3n) is 4.14. The average Bonchev–Trinajstić information content (AvgIpc) is 3.01. The largest absolute Gasteiger partial charge is 0.459 e. The van der Waals surface area contributed by atoms with E-state index in [1.54, 1.807) is 41.3 Å². The zero-order valence-corrected chi connectivity index (χ0v) is 14.3. The third-order valence-corrected chi connectivity index (χ3v) is 5.68. The molecule has 7 heteroatoms. The Morgan fingerprint density at radius 3 is 2.67 bits per heavy atom. The molecule has 6 nitrogen and oxygen atoms in total. The molecule has 1 atom stereocenters. The van der Waals surface area contributed by atoms with Gasteiger partial charge in [0.05, 0.1) is 11.2 Å². The minimum Gasteiger partial charge on any atom is -0.459 e. The molecular weight excluding hydrogens is 328 g/mol. The van der Waals surface area contributed by atoms with Gasteiger partial charge in [-0.1, -0.05) is 18.2 Å². The highest BCUT2D eigenvalue weighted by Crippen LogP contribution is 2.18. The summed E-state index contributed by atoms with van der Waals surface area (Å²) in [5.74, 6) is 0.127. The first-order valence-electron chi connectivity index (χ1n) is 7.88. The number of carbonyl (C=O) groups excluding carboxylic acids is 1. The highest BCUT2D eigenvalue weighted by molar-refractivity contribution is 7.89. The summed E-state index contributed by atoms with van der Waals surface area (Å²) < 4.78 is 32.8. The minimum atomic E-state index is -3.58. The second-order valence-corrected chi connectivity index (χ2v) is 7.67. The molecule has 0 spiro atoms. The lowest BCUT2D eigenvalue weighted by Gasteiger charge is -2.32. The molecule has 1 aromatic carbocycles. The molecule has 1 N–H and O–H groups in total. The Morgan fingerprint density at radius 1 is 1.25 bits per heavy atom. The number of benzene rings is 1. The van der Waals surface area contributed by atoms with E-state index in [4.69, 9.17) is 4.42 Å². The van der Waals surface area contributed by atoms with Crippen LogP contribution in [0.25, 0.3) is 0 Å². The Kier molecular flexibility index (Phi) is 4.73. The quantitative estimate of drug-likeness (QED) is 0.918. The highest BCUT2D eigenvalue weighted by Gasteiger charge is 2.29. The van der Waals surface area contributed by atoms with Crippen LogP contribution in [0.2, 0.25) is 0 Å². The van der Waals surface area contributed by atoms with Gasteiger partial charge in [-0.05, 0) is 38.0 Å². The van der Waals surface area contributed by atoms with E-state index in [1.165, 1.54) is 6.26 Å². The molecule has 2 heterocycles. The van der Waals surface area contributed by atoms with Crippen molar-refractivity contribution in [2.24, 2.45) is 0 Å². The minimum absolute atomic E-state index is 0.193. The second kappa shape index (κ2) is 6.78. The summed E-state index contributed by atoms with van der Waals surface area (Å²) >= 11 is 0. The summed E-state index contributed by atoms with van der Waals surface area (Å²) in [5.41, 5.74) is 0.784. The van der Waals surface area contributed by atoms with Crippen LogP contribution in [0.15, 0.2) is 52.0 Å². The molecule has 1 unspecified atom stereocenters. The summed E-state index contributed by atoms with van der Waals surface area (Å²) in [7, 11) is -3.58. The Morgan fingerprint density at radius 2 is 2.00 bits per heavy atom. The van der Waals surface area contributed by atoms with E-state index in [-0.39, 0.29) is 16.8 Å². The maximum Gasteiger partial charge on any atom is 0.289 e. The van der Waals surface area contributed by atoms with Crippen molar-refractivity contribution in [1.82, 2.24) is 9.62 Å². The number of hydrogen-bond donors (Lipinski definition) is 1. The van der Waals surface area contributed by atoms with E-state index in [2.05, 4.69) is 4.72 Å². The van der Waals surface area contributed by atoms with E-state index in [0.29, 0.717) is 25.3 Å². The molecule has 0 bridgehead atoms. The molecular formula is C17H20N2O4S. The number of likely N-dealkylation sites (tertiary alicyclic amines) is 1. The van der Waals surface area contributed by atoms with E-state index in [1.807, 2.05) is 6.92 Å². The fourth-order valence-corrected chi connectivity index (χ4v) is 4.16. The van der Waals surface area contributed by atoms with Crippen LogP contribution in [0.3, 0.4) is 0 Å². The summed E-state index contributed by atoms with van der Waals surface area (Å²) in [5, 5.41) is 0. The molecule has 0 saturated carbocycles. The number of aryl methyl sites for hydroxylation is 1. The summed E-state index contributed by atoms with van der Waals surface area (Å²) in [6, 6.07) is 9.69. The number of furan rings is 1. The van der Waals surface area contributed by atoms with Gasteiger partial charge in [-0.25, -0.2) is 13.1 Å². The zero-order valence-electron chi connectivity index (χ0n) is 13.4. The average molecular weight is 348 g/mol. The molecule has 1 aliphatic heterocycles. The molecule has 0 radical (unpaired) electrons. The SMILES string of the molecule is Cc1ccoc1C(=O)N1CCCC(NS(=O)(=O)c2ccccc2)C1. The van der Waals surface area contributed by atoms with Gasteiger partial charge in [0.2, 0.25) is 10.0 Å². The molecule has 1 aromatic heterocycles. The van der Waals surface area contributed by atoms with Crippen LogP contribution in [-0.2, 0) is 10.0 Å². The molecule has 1 fully saturated rings. The molecule has 128 valence electrons. The number of nitrogens with one attached hydrogen (secondary N) is 1. The maximum atomic E-state index is 12.5. The summed E-state index contributed by atoms with van der Waals surface area (Å²) in [6.45, 7) is 2.75. The summed E-state index contributed by atoms with van der Waals surface area (Å²) in [6.07, 6.45) is 2.93. The number of hydrogen-bond acceptors (Lipinski definition) is 4. The number of piperidine rings is 1. The van der Waals surface area contributed by atoms with Crippen molar-refractivity contribution in [3.05, 3.63) is 54.0 Å². The Bertz CT molecular complexity index is 814. The molecule has 1 saturated heterocycles. The standard InChI is InChI=1S/C17H20N2O4S/c1-13-9-11-23-16(13)17(20)19-10-5-6-14(12-19)18-24(21,22)15-7-3-2-4-8-15/h2-4,7-9,11,14,18H,5-6,10,12H2,1H3. The number of amides is 1. The van der Waals surface area contributed by atoms with Crippen LogP contribution < -0.4 is 4.72 Å². The van der Waals surface area contributed by atoms with Crippen molar-refractivity contribution in [3.63, 3.8) is 0 Å². The molecule has 1 amide bonds.